The highest BCUT2D eigenvalue weighted by Crippen LogP contribution is 2.33. The molecule has 0 saturated carbocycles. The van der Waals surface area contributed by atoms with Gasteiger partial charge in [-0.1, -0.05) is 43.0 Å². The number of carbonyl (C=O) groups excluding carboxylic acids is 1. The number of aliphatic hydroxyl groups excluding tert-OH is 1. The topological polar surface area (TPSA) is 59.0 Å². The second-order valence-electron chi connectivity index (χ2n) is 7.83. The highest BCUT2D eigenvalue weighted by molar-refractivity contribution is 6.30. The van der Waals surface area contributed by atoms with Crippen LogP contribution in [0, 0.1) is 0 Å². The van der Waals surface area contributed by atoms with Crippen molar-refractivity contribution in [2.45, 2.75) is 63.6 Å². The smallest absolute Gasteiger partial charge is 0.288 e. The molecule has 160 valence electrons. The molecule has 6 heteroatoms. The fraction of sp³-hybridized carbons (Fsp3) is 0.609. The van der Waals surface area contributed by atoms with Crippen LogP contribution in [0.3, 0.4) is 0 Å². The summed E-state index contributed by atoms with van der Waals surface area (Å²) in [5, 5.41) is 9.65. The van der Waals surface area contributed by atoms with Gasteiger partial charge in [-0.05, 0) is 49.5 Å². The second kappa shape index (κ2) is 11.6. The van der Waals surface area contributed by atoms with Crippen LogP contribution in [-0.4, -0.2) is 48.5 Å². The Kier molecular flexibility index (Phi) is 8.84. The predicted octanol–water partition coefficient (Wildman–Crippen LogP) is 4.64. The van der Waals surface area contributed by atoms with Gasteiger partial charge in [-0.15, -0.1) is 0 Å². The minimum absolute atomic E-state index is 0.0329. The Hall–Kier alpha value is -1.56. The van der Waals surface area contributed by atoms with Crippen molar-refractivity contribution in [3.63, 3.8) is 0 Å². The molecule has 0 unspecified atom stereocenters. The maximum Gasteiger partial charge on any atom is 0.288 e. The average molecular weight is 422 g/mol. The molecule has 3 rings (SSSR count). The third-order valence-corrected chi connectivity index (χ3v) is 5.82. The normalized spacial score (nSPS) is 23.0. The molecule has 0 bridgehead atoms. The number of ether oxygens (including phenoxy) is 2. The number of carbonyl (C=O) groups is 1. The summed E-state index contributed by atoms with van der Waals surface area (Å²) in [7, 11) is 0. The van der Waals surface area contributed by atoms with Crippen LogP contribution in [0.15, 0.2) is 36.1 Å². The molecule has 1 N–H and O–H groups in total. The zero-order valence-electron chi connectivity index (χ0n) is 17.0. The molecule has 1 fully saturated rings. The van der Waals surface area contributed by atoms with E-state index in [2.05, 4.69) is 0 Å². The lowest BCUT2D eigenvalue weighted by Crippen LogP contribution is -2.38. The minimum Gasteiger partial charge on any atom is -0.459 e. The Labute approximate surface area is 178 Å². The van der Waals surface area contributed by atoms with Crippen LogP contribution >= 0.6 is 11.6 Å². The Morgan fingerprint density at radius 1 is 1.10 bits per heavy atom. The number of hydrogen-bond acceptors (Lipinski definition) is 4. The van der Waals surface area contributed by atoms with Gasteiger partial charge >= 0.3 is 0 Å². The first-order chi connectivity index (χ1) is 14.2. The number of unbranched alkanes of at least 4 members (excludes halogenated alkanes) is 1. The summed E-state index contributed by atoms with van der Waals surface area (Å²) >= 11 is 6.04. The lowest BCUT2D eigenvalue weighted by molar-refractivity contribution is -0.153. The Morgan fingerprint density at radius 2 is 1.79 bits per heavy atom. The summed E-state index contributed by atoms with van der Waals surface area (Å²) in [5.74, 6) is 0.399. The summed E-state index contributed by atoms with van der Waals surface area (Å²) in [5.41, 5.74) is 1.10. The lowest BCUT2D eigenvalue weighted by atomic mass is 9.93. The van der Waals surface area contributed by atoms with Crippen molar-refractivity contribution >= 4 is 17.5 Å². The Bertz CT molecular complexity index is 668. The molecule has 1 saturated heterocycles. The van der Waals surface area contributed by atoms with Crippen molar-refractivity contribution in [3.8, 4) is 0 Å². The van der Waals surface area contributed by atoms with Gasteiger partial charge < -0.3 is 19.5 Å². The number of allylic oxidation sites excluding steroid dienone is 1. The van der Waals surface area contributed by atoms with E-state index in [9.17, 15) is 4.79 Å². The molecule has 1 aromatic carbocycles. The molecular formula is C23H32ClNO4. The van der Waals surface area contributed by atoms with Crippen LogP contribution in [0.2, 0.25) is 5.02 Å². The monoisotopic (exact) mass is 421 g/mol. The van der Waals surface area contributed by atoms with Crippen molar-refractivity contribution in [1.82, 2.24) is 4.90 Å². The average Bonchev–Trinajstić information content (AvgIpc) is 2.71. The minimum atomic E-state index is -0.465. The van der Waals surface area contributed by atoms with Gasteiger partial charge in [0.05, 0.1) is 6.61 Å². The number of halogens is 1. The molecule has 5 nitrogen and oxygen atoms in total. The van der Waals surface area contributed by atoms with Gasteiger partial charge in [0, 0.05) is 37.1 Å². The van der Waals surface area contributed by atoms with E-state index in [0.29, 0.717) is 30.2 Å². The molecular weight excluding hydrogens is 390 g/mol. The molecule has 0 spiro atoms. The first-order valence-electron chi connectivity index (χ1n) is 10.8. The van der Waals surface area contributed by atoms with E-state index >= 15 is 0 Å². The number of benzene rings is 1. The summed E-state index contributed by atoms with van der Waals surface area (Å²) in [6, 6.07) is 7.74. The highest BCUT2D eigenvalue weighted by atomic mass is 35.5. The third-order valence-electron chi connectivity index (χ3n) is 5.57. The van der Waals surface area contributed by atoms with Gasteiger partial charge in [0.15, 0.2) is 5.76 Å². The number of hydrogen-bond donors (Lipinski definition) is 1. The number of nitrogens with zero attached hydrogens (tertiary/aromatic N) is 1. The van der Waals surface area contributed by atoms with E-state index in [4.69, 9.17) is 26.2 Å². The fourth-order valence-corrected chi connectivity index (χ4v) is 4.01. The standard InChI is InChI=1S/C23H32ClNO4/c24-20-10-8-18(9-11-20)19-16-21(29-22(17-19)28-15-7-6-14-26)23(27)25-12-4-2-1-3-5-13-25/h8-11,16,19,22,26H,1-7,12-15,17H2/t19-,22+/m0/s1. The van der Waals surface area contributed by atoms with E-state index < -0.39 is 6.29 Å². The Morgan fingerprint density at radius 3 is 2.48 bits per heavy atom. The van der Waals surface area contributed by atoms with Gasteiger partial charge in [-0.2, -0.15) is 0 Å². The van der Waals surface area contributed by atoms with E-state index in [-0.39, 0.29) is 18.4 Å². The molecule has 2 aliphatic rings. The molecule has 2 aliphatic heterocycles. The van der Waals surface area contributed by atoms with Crippen LogP contribution in [0.4, 0.5) is 0 Å². The molecule has 1 amide bonds. The number of likely N-dealkylation sites (tertiary alicyclic amines) is 1. The van der Waals surface area contributed by atoms with Crippen LogP contribution in [0.5, 0.6) is 0 Å². The van der Waals surface area contributed by atoms with Crippen molar-refractivity contribution in [2.75, 3.05) is 26.3 Å². The van der Waals surface area contributed by atoms with E-state index in [1.54, 1.807) is 0 Å². The van der Waals surface area contributed by atoms with Crippen molar-refractivity contribution in [3.05, 3.63) is 46.7 Å². The predicted molar refractivity (Wildman–Crippen MR) is 114 cm³/mol. The van der Waals surface area contributed by atoms with E-state index in [0.717, 1.165) is 37.9 Å². The van der Waals surface area contributed by atoms with Crippen LogP contribution in [0.25, 0.3) is 0 Å². The zero-order valence-corrected chi connectivity index (χ0v) is 17.8. The van der Waals surface area contributed by atoms with Gasteiger partial charge in [0.1, 0.15) is 0 Å². The van der Waals surface area contributed by atoms with Crippen LogP contribution in [-0.2, 0) is 14.3 Å². The van der Waals surface area contributed by atoms with Crippen molar-refractivity contribution in [1.29, 1.82) is 0 Å². The second-order valence-corrected chi connectivity index (χ2v) is 8.27. The van der Waals surface area contributed by atoms with Crippen LogP contribution in [0.1, 0.15) is 62.8 Å². The summed E-state index contributed by atoms with van der Waals surface area (Å²) in [4.78, 5) is 15.1. The quantitative estimate of drug-likeness (QED) is 0.652. The first-order valence-corrected chi connectivity index (χ1v) is 11.2. The first kappa shape index (κ1) is 22.1. The van der Waals surface area contributed by atoms with Crippen LogP contribution < -0.4 is 0 Å². The lowest BCUT2D eigenvalue weighted by Gasteiger charge is -2.32. The molecule has 2 atom stereocenters. The number of aliphatic hydroxyl groups is 1. The molecule has 2 heterocycles. The molecule has 0 radical (unpaired) electrons. The SMILES string of the molecule is O=C(C1=C[C@H](c2ccc(Cl)cc2)C[C@H](OCCCCO)O1)N1CCCCCCC1. The maximum absolute atomic E-state index is 13.2. The van der Waals surface area contributed by atoms with E-state index in [1.165, 1.54) is 19.3 Å². The number of rotatable bonds is 7. The Balaban J connectivity index is 1.73. The van der Waals surface area contributed by atoms with Gasteiger partial charge in [-0.3, -0.25) is 4.79 Å². The van der Waals surface area contributed by atoms with Gasteiger partial charge in [-0.25, -0.2) is 0 Å². The van der Waals surface area contributed by atoms with Crippen molar-refractivity contribution < 1.29 is 19.4 Å². The summed E-state index contributed by atoms with van der Waals surface area (Å²) in [6.07, 6.45) is 9.28. The van der Waals surface area contributed by atoms with Crippen molar-refractivity contribution in [2.24, 2.45) is 0 Å². The third kappa shape index (κ3) is 6.73. The molecule has 0 aliphatic carbocycles. The summed E-state index contributed by atoms with van der Waals surface area (Å²) in [6.45, 7) is 2.23. The maximum atomic E-state index is 13.2. The number of amides is 1. The summed E-state index contributed by atoms with van der Waals surface area (Å²) < 4.78 is 11.9. The molecule has 1 aromatic rings. The zero-order chi connectivity index (χ0) is 20.5. The fourth-order valence-electron chi connectivity index (χ4n) is 3.89. The highest BCUT2D eigenvalue weighted by Gasteiger charge is 2.31. The largest absolute Gasteiger partial charge is 0.459 e. The van der Waals surface area contributed by atoms with Gasteiger partial charge in [0.2, 0.25) is 6.29 Å². The van der Waals surface area contributed by atoms with E-state index in [1.807, 2.05) is 35.2 Å². The van der Waals surface area contributed by atoms with Gasteiger partial charge in [0.25, 0.3) is 5.91 Å². The molecule has 0 aromatic heterocycles. The molecule has 29 heavy (non-hydrogen) atoms.